The van der Waals surface area contributed by atoms with Crippen LogP contribution in [0.2, 0.25) is 0 Å². The van der Waals surface area contributed by atoms with Crippen molar-refractivity contribution in [3.8, 4) is 11.5 Å². The third-order valence-electron chi connectivity index (χ3n) is 7.46. The van der Waals surface area contributed by atoms with Gasteiger partial charge in [0.1, 0.15) is 11.4 Å². The molecule has 0 saturated carbocycles. The Morgan fingerprint density at radius 1 is 0.930 bits per heavy atom. The second-order valence-corrected chi connectivity index (χ2v) is 12.3. The van der Waals surface area contributed by atoms with E-state index >= 15 is 0 Å². The summed E-state index contributed by atoms with van der Waals surface area (Å²) in [7, 11) is -4.09. The number of rotatable bonds is 13. The van der Waals surface area contributed by atoms with Crippen molar-refractivity contribution in [2.45, 2.75) is 32.1 Å². The van der Waals surface area contributed by atoms with E-state index in [0.29, 0.717) is 55.3 Å². The van der Waals surface area contributed by atoms with E-state index in [0.717, 1.165) is 41.9 Å². The highest BCUT2D eigenvalue weighted by Crippen LogP contribution is 2.43. The lowest BCUT2D eigenvalue weighted by molar-refractivity contribution is -0.384. The fourth-order valence-corrected chi connectivity index (χ4v) is 5.91. The molecule has 0 spiro atoms. The van der Waals surface area contributed by atoms with Gasteiger partial charge < -0.3 is 29.4 Å². The van der Waals surface area contributed by atoms with Crippen LogP contribution in [0.4, 0.5) is 28.4 Å². The molecule has 0 aromatic heterocycles. The van der Waals surface area contributed by atoms with E-state index in [1.165, 1.54) is 24.3 Å². The molecule has 0 saturated heterocycles. The van der Waals surface area contributed by atoms with E-state index in [9.17, 15) is 29.3 Å². The van der Waals surface area contributed by atoms with Crippen LogP contribution in [0.3, 0.4) is 0 Å². The SMILES string of the molecule is O=C(O)CCCN1CCc2ccc(Oc3cc4c(cc3N=Nc3ccc([N+](=O)[O-])cc3)CCN4CCCP(=O)(O)O)cc21. The van der Waals surface area contributed by atoms with Gasteiger partial charge in [-0.1, -0.05) is 6.07 Å². The summed E-state index contributed by atoms with van der Waals surface area (Å²) in [5, 5.41) is 28.7. The summed E-state index contributed by atoms with van der Waals surface area (Å²) in [5.74, 6) is 0.183. The predicted octanol–water partition coefficient (Wildman–Crippen LogP) is 5.96. The van der Waals surface area contributed by atoms with Gasteiger partial charge in [-0.3, -0.25) is 19.5 Å². The van der Waals surface area contributed by atoms with Gasteiger partial charge in [0, 0.05) is 68.2 Å². The van der Waals surface area contributed by atoms with Gasteiger partial charge in [-0.25, -0.2) is 0 Å². The molecule has 0 fully saturated rings. The van der Waals surface area contributed by atoms with Gasteiger partial charge in [0.15, 0.2) is 5.75 Å². The molecule has 2 heterocycles. The highest BCUT2D eigenvalue weighted by atomic mass is 31.2. The van der Waals surface area contributed by atoms with Crippen LogP contribution in [0.1, 0.15) is 30.4 Å². The predicted molar refractivity (Wildman–Crippen MR) is 160 cm³/mol. The van der Waals surface area contributed by atoms with Crippen LogP contribution in [0.5, 0.6) is 11.5 Å². The topological polar surface area (TPSA) is 178 Å². The van der Waals surface area contributed by atoms with Crippen molar-refractivity contribution in [3.05, 3.63) is 75.8 Å². The number of nitrogens with zero attached hydrogens (tertiary/aromatic N) is 5. The fraction of sp³-hybridized carbons (Fsp3) is 0.345. The number of fused-ring (bicyclic) bond motifs is 2. The fourth-order valence-electron chi connectivity index (χ4n) is 5.35. The molecule has 2 aliphatic heterocycles. The minimum Gasteiger partial charge on any atom is -0.481 e. The quantitative estimate of drug-likeness (QED) is 0.0906. The number of carboxylic acid groups (broad SMARTS) is 1. The van der Waals surface area contributed by atoms with Crippen LogP contribution in [0.25, 0.3) is 0 Å². The molecule has 0 aliphatic carbocycles. The van der Waals surface area contributed by atoms with Gasteiger partial charge in [0.05, 0.1) is 16.8 Å². The van der Waals surface area contributed by atoms with Gasteiger partial charge >= 0.3 is 13.6 Å². The zero-order valence-corrected chi connectivity index (χ0v) is 24.2. The first-order chi connectivity index (χ1) is 20.6. The summed E-state index contributed by atoms with van der Waals surface area (Å²) < 4.78 is 17.7. The van der Waals surface area contributed by atoms with E-state index in [1.54, 1.807) is 0 Å². The van der Waals surface area contributed by atoms with Crippen molar-refractivity contribution in [2.75, 3.05) is 42.1 Å². The molecular weight excluding hydrogens is 577 g/mol. The first kappa shape index (κ1) is 30.1. The lowest BCUT2D eigenvalue weighted by Gasteiger charge is -2.21. The number of azo groups is 1. The molecule has 3 N–H and O–H groups in total. The highest BCUT2D eigenvalue weighted by molar-refractivity contribution is 7.51. The standard InChI is InChI=1S/C29H32N5O8P/c35-29(36)3-1-12-32-14-10-20-4-9-24(18-26(20)32)42-28-19-27-21(11-15-33(27)13-2-16-43(39,40)41)17-25(28)31-30-22-5-7-23(8-6-22)34(37)38/h4-9,17-19H,1-3,10-16H2,(H,35,36)(H2,39,40,41). The van der Waals surface area contributed by atoms with Crippen LogP contribution in [-0.2, 0) is 22.2 Å². The molecule has 13 nitrogen and oxygen atoms in total. The molecule has 43 heavy (non-hydrogen) atoms. The Balaban J connectivity index is 1.42. The van der Waals surface area contributed by atoms with Crippen LogP contribution in [-0.4, -0.2) is 58.1 Å². The molecule has 3 aromatic rings. The third-order valence-corrected chi connectivity index (χ3v) is 8.36. The average molecular weight is 610 g/mol. The number of aliphatic carboxylic acids is 1. The largest absolute Gasteiger partial charge is 0.481 e. The van der Waals surface area contributed by atoms with Gasteiger partial charge in [-0.05, 0) is 61.1 Å². The first-order valence-corrected chi connectivity index (χ1v) is 15.8. The van der Waals surface area contributed by atoms with Crippen molar-refractivity contribution in [3.63, 3.8) is 0 Å². The summed E-state index contributed by atoms with van der Waals surface area (Å²) in [4.78, 5) is 44.3. The molecule has 0 amide bonds. The second kappa shape index (κ2) is 12.9. The van der Waals surface area contributed by atoms with Crippen molar-refractivity contribution in [2.24, 2.45) is 10.2 Å². The molecule has 0 unspecified atom stereocenters. The Hall–Kier alpha value is -4.32. The maximum Gasteiger partial charge on any atom is 0.325 e. The van der Waals surface area contributed by atoms with Crippen LogP contribution in [0, 0.1) is 10.1 Å². The third kappa shape index (κ3) is 7.75. The van der Waals surface area contributed by atoms with Gasteiger partial charge in [-0.15, -0.1) is 5.11 Å². The Kier molecular flexibility index (Phi) is 9.05. The summed E-state index contributed by atoms with van der Waals surface area (Å²) in [5.41, 5.74) is 4.90. The number of hydrogen-bond acceptors (Lipinski definition) is 9. The Morgan fingerprint density at radius 3 is 2.28 bits per heavy atom. The normalized spacial score (nSPS) is 14.3. The zero-order valence-electron chi connectivity index (χ0n) is 23.3. The van der Waals surface area contributed by atoms with E-state index in [1.807, 2.05) is 30.3 Å². The Bertz CT molecular complexity index is 1590. The molecule has 0 atom stereocenters. The molecule has 0 bridgehead atoms. The first-order valence-electron chi connectivity index (χ1n) is 14.0. The summed E-state index contributed by atoms with van der Waals surface area (Å²) in [6.07, 6.45) is 2.36. The van der Waals surface area contributed by atoms with Gasteiger partial charge in [0.2, 0.25) is 0 Å². The molecule has 2 aliphatic rings. The summed E-state index contributed by atoms with van der Waals surface area (Å²) in [6, 6.07) is 15.3. The average Bonchev–Trinajstić information content (AvgIpc) is 3.54. The number of carbonyl (C=O) groups is 1. The molecule has 226 valence electrons. The van der Waals surface area contributed by atoms with Crippen molar-refractivity contribution in [1.29, 1.82) is 0 Å². The van der Waals surface area contributed by atoms with E-state index in [4.69, 9.17) is 9.84 Å². The van der Waals surface area contributed by atoms with E-state index < -0.39 is 18.5 Å². The molecule has 5 rings (SSSR count). The van der Waals surface area contributed by atoms with Gasteiger partial charge in [-0.2, -0.15) is 5.11 Å². The number of benzene rings is 3. The van der Waals surface area contributed by atoms with Crippen molar-refractivity contribution in [1.82, 2.24) is 0 Å². The summed E-state index contributed by atoms with van der Waals surface area (Å²) in [6.45, 7) is 2.59. The lowest BCUT2D eigenvalue weighted by Crippen LogP contribution is -2.22. The van der Waals surface area contributed by atoms with E-state index in [-0.39, 0.29) is 18.3 Å². The number of nitro groups is 1. The number of ether oxygens (including phenoxy) is 1. The number of anilines is 2. The number of hydrogen-bond donors (Lipinski definition) is 3. The Morgan fingerprint density at radius 2 is 1.60 bits per heavy atom. The summed E-state index contributed by atoms with van der Waals surface area (Å²) >= 11 is 0. The smallest absolute Gasteiger partial charge is 0.325 e. The van der Waals surface area contributed by atoms with Crippen molar-refractivity contribution >= 4 is 42.0 Å². The molecule has 0 radical (unpaired) electrons. The van der Waals surface area contributed by atoms with Gasteiger partial charge in [0.25, 0.3) is 5.69 Å². The highest BCUT2D eigenvalue weighted by Gasteiger charge is 2.25. The second-order valence-electron chi connectivity index (χ2n) is 10.5. The maximum absolute atomic E-state index is 11.4. The van der Waals surface area contributed by atoms with E-state index in [2.05, 4.69) is 20.0 Å². The maximum atomic E-state index is 11.4. The van der Waals surface area contributed by atoms with Crippen LogP contribution < -0.4 is 14.5 Å². The van der Waals surface area contributed by atoms with Crippen LogP contribution >= 0.6 is 7.60 Å². The minimum atomic E-state index is -4.09. The number of nitro benzene ring substituents is 1. The zero-order chi connectivity index (χ0) is 30.6. The number of non-ortho nitro benzene ring substituents is 1. The molecule has 3 aromatic carbocycles. The monoisotopic (exact) mass is 609 g/mol. The van der Waals surface area contributed by atoms with Crippen LogP contribution in [0.15, 0.2) is 64.8 Å². The van der Waals surface area contributed by atoms with Crippen molar-refractivity contribution < 1.29 is 33.9 Å². The molecular formula is C29H32N5O8P. The molecule has 14 heteroatoms. The Labute approximate surface area is 247 Å². The minimum absolute atomic E-state index is 0.0482. The lowest BCUT2D eigenvalue weighted by atomic mass is 10.1. The number of carboxylic acids is 1.